The van der Waals surface area contributed by atoms with Crippen molar-refractivity contribution in [2.45, 2.75) is 64.6 Å². The van der Waals surface area contributed by atoms with Crippen LogP contribution < -0.4 is 10.2 Å². The van der Waals surface area contributed by atoms with Gasteiger partial charge in [-0.2, -0.15) is 0 Å². The fourth-order valence-electron chi connectivity index (χ4n) is 4.98. The van der Waals surface area contributed by atoms with Crippen LogP contribution in [0.25, 0.3) is 0 Å². The summed E-state index contributed by atoms with van der Waals surface area (Å²) < 4.78 is 17.4. The van der Waals surface area contributed by atoms with Gasteiger partial charge in [-0.1, -0.05) is 38.5 Å². The molecule has 2 aliphatic rings. The molecule has 1 aromatic carbocycles. The third-order valence-corrected chi connectivity index (χ3v) is 6.90. The van der Waals surface area contributed by atoms with Gasteiger partial charge in [-0.15, -0.1) is 0 Å². The maximum absolute atomic E-state index is 13.5. The predicted octanol–water partition coefficient (Wildman–Crippen LogP) is 1.71. The van der Waals surface area contributed by atoms with Crippen LogP contribution in [0.3, 0.4) is 0 Å². The van der Waals surface area contributed by atoms with Crippen molar-refractivity contribution in [3.63, 3.8) is 0 Å². The number of ether oxygens (including phenoxy) is 1. The van der Waals surface area contributed by atoms with Crippen LogP contribution in [0.4, 0.5) is 10.1 Å². The number of benzene rings is 1. The molecule has 192 valence electrons. The number of aliphatic carboxylic acids is 1. The highest BCUT2D eigenvalue weighted by molar-refractivity contribution is 6.07. The smallest absolute Gasteiger partial charge is 0.327 e. The van der Waals surface area contributed by atoms with Crippen LogP contribution in [0.15, 0.2) is 18.2 Å². The lowest BCUT2D eigenvalue weighted by atomic mass is 9.95. The number of carbonyl (C=O) groups is 4. The normalized spacial score (nSPS) is 20.6. The SMILES string of the molecule is CC[C@H](C)[C@@H](C(=O)N[C@H]1CCc2cccc3c2N(C1=O)[C@H](C(=O)O)C3)N(CC)C(=O)COCCF. The molecule has 35 heavy (non-hydrogen) atoms. The number of para-hydroxylation sites is 1. The van der Waals surface area contributed by atoms with Crippen LogP contribution in [0.2, 0.25) is 0 Å². The molecule has 0 saturated heterocycles. The minimum atomic E-state index is -1.10. The van der Waals surface area contributed by atoms with Gasteiger partial charge in [0.2, 0.25) is 17.7 Å². The zero-order valence-corrected chi connectivity index (χ0v) is 20.5. The summed E-state index contributed by atoms with van der Waals surface area (Å²) in [5.41, 5.74) is 2.32. The Morgan fingerprint density at radius 2 is 2.00 bits per heavy atom. The van der Waals surface area contributed by atoms with Gasteiger partial charge in [0.1, 0.15) is 31.4 Å². The fourth-order valence-corrected chi connectivity index (χ4v) is 4.98. The van der Waals surface area contributed by atoms with Gasteiger partial charge in [-0.3, -0.25) is 19.3 Å². The van der Waals surface area contributed by atoms with E-state index in [-0.39, 0.29) is 32.1 Å². The molecule has 2 aliphatic heterocycles. The van der Waals surface area contributed by atoms with Gasteiger partial charge in [0, 0.05) is 13.0 Å². The van der Waals surface area contributed by atoms with Crippen LogP contribution in [-0.2, 0) is 36.8 Å². The largest absolute Gasteiger partial charge is 0.480 e. The number of alkyl halides is 1. The van der Waals surface area contributed by atoms with E-state index < -0.39 is 48.5 Å². The summed E-state index contributed by atoms with van der Waals surface area (Å²) in [5.74, 6) is -2.69. The van der Waals surface area contributed by atoms with Gasteiger partial charge < -0.3 is 20.1 Å². The Labute approximate surface area is 204 Å². The number of carboxylic acid groups (broad SMARTS) is 1. The number of rotatable bonds is 11. The lowest BCUT2D eigenvalue weighted by Gasteiger charge is -2.35. The van der Waals surface area contributed by atoms with Crippen molar-refractivity contribution in [2.24, 2.45) is 5.92 Å². The van der Waals surface area contributed by atoms with E-state index in [1.807, 2.05) is 32.0 Å². The molecule has 4 atom stereocenters. The molecule has 9 nitrogen and oxygen atoms in total. The molecule has 3 rings (SSSR count). The number of amides is 3. The lowest BCUT2D eigenvalue weighted by Crippen LogP contribution is -2.58. The second-order valence-electron chi connectivity index (χ2n) is 9.04. The molecule has 2 heterocycles. The Morgan fingerprint density at radius 3 is 2.63 bits per heavy atom. The average molecular weight is 492 g/mol. The number of nitrogens with one attached hydrogen (secondary N) is 1. The Kier molecular flexibility index (Phi) is 8.82. The van der Waals surface area contributed by atoms with E-state index in [0.717, 1.165) is 11.1 Å². The molecule has 0 bridgehead atoms. The molecule has 0 aromatic heterocycles. The first kappa shape index (κ1) is 26.6. The van der Waals surface area contributed by atoms with Crippen molar-refractivity contribution in [3.05, 3.63) is 29.3 Å². The monoisotopic (exact) mass is 491 g/mol. The number of anilines is 1. The molecule has 2 N–H and O–H groups in total. The molecule has 3 amide bonds. The second-order valence-corrected chi connectivity index (χ2v) is 9.04. The number of nitrogens with zero attached hydrogens (tertiary/aromatic N) is 2. The number of carbonyl (C=O) groups excluding carboxylic acids is 3. The summed E-state index contributed by atoms with van der Waals surface area (Å²) in [4.78, 5) is 54.5. The summed E-state index contributed by atoms with van der Waals surface area (Å²) in [6, 6.07) is 2.76. The van der Waals surface area contributed by atoms with Crippen molar-refractivity contribution in [3.8, 4) is 0 Å². The highest BCUT2D eigenvalue weighted by Crippen LogP contribution is 2.39. The number of hydrogen-bond acceptors (Lipinski definition) is 5. The lowest BCUT2D eigenvalue weighted by molar-refractivity contribution is -0.146. The van der Waals surface area contributed by atoms with Gasteiger partial charge in [0.15, 0.2) is 0 Å². The topological polar surface area (TPSA) is 116 Å². The fraction of sp³-hybridized carbons (Fsp3) is 0.600. The summed E-state index contributed by atoms with van der Waals surface area (Å²) in [6.07, 6.45) is 1.65. The van der Waals surface area contributed by atoms with E-state index in [4.69, 9.17) is 4.74 Å². The van der Waals surface area contributed by atoms with E-state index in [0.29, 0.717) is 24.9 Å². The van der Waals surface area contributed by atoms with Gasteiger partial charge in [-0.05, 0) is 36.8 Å². The summed E-state index contributed by atoms with van der Waals surface area (Å²) in [5, 5.41) is 12.6. The van der Waals surface area contributed by atoms with Gasteiger partial charge in [0.25, 0.3) is 0 Å². The molecular formula is C25H34FN3O6. The molecule has 0 saturated carbocycles. The summed E-state index contributed by atoms with van der Waals surface area (Å²) in [7, 11) is 0. The van der Waals surface area contributed by atoms with Crippen LogP contribution in [0, 0.1) is 5.92 Å². The van der Waals surface area contributed by atoms with Crippen LogP contribution >= 0.6 is 0 Å². The zero-order chi connectivity index (χ0) is 25.7. The number of halogens is 1. The summed E-state index contributed by atoms with van der Waals surface area (Å²) >= 11 is 0. The molecular weight excluding hydrogens is 457 g/mol. The van der Waals surface area contributed by atoms with E-state index in [9.17, 15) is 28.7 Å². The molecule has 0 unspecified atom stereocenters. The maximum Gasteiger partial charge on any atom is 0.327 e. The van der Waals surface area contributed by atoms with Crippen LogP contribution in [0.5, 0.6) is 0 Å². The van der Waals surface area contributed by atoms with Gasteiger partial charge in [0.05, 0.1) is 12.3 Å². The van der Waals surface area contributed by atoms with Crippen molar-refractivity contribution in [1.29, 1.82) is 0 Å². The van der Waals surface area contributed by atoms with Crippen molar-refractivity contribution in [1.82, 2.24) is 10.2 Å². The number of carboxylic acids is 1. The maximum atomic E-state index is 13.5. The first-order valence-corrected chi connectivity index (χ1v) is 12.1. The third kappa shape index (κ3) is 5.47. The third-order valence-electron chi connectivity index (χ3n) is 6.90. The zero-order valence-electron chi connectivity index (χ0n) is 20.5. The van der Waals surface area contributed by atoms with E-state index >= 15 is 0 Å². The predicted molar refractivity (Wildman–Crippen MR) is 127 cm³/mol. The quantitative estimate of drug-likeness (QED) is 0.456. The molecule has 1 aromatic rings. The Bertz CT molecular complexity index is 971. The molecule has 0 radical (unpaired) electrons. The van der Waals surface area contributed by atoms with Crippen LogP contribution in [0.1, 0.15) is 44.7 Å². The minimum Gasteiger partial charge on any atom is -0.480 e. The first-order valence-electron chi connectivity index (χ1n) is 12.1. The molecule has 0 spiro atoms. The van der Waals surface area contributed by atoms with E-state index in [2.05, 4.69) is 5.32 Å². The standard InChI is InChI=1S/C25H34FN3O6/c1-4-15(3)21(28(5-2)20(30)14-35-12-11-26)23(31)27-18-10-9-16-7-6-8-17-13-19(25(33)34)29(22(16)17)24(18)32/h6-8,15,18-19,21H,4-5,9-14H2,1-3H3,(H,27,31)(H,33,34)/t15-,18-,19-,21-/m0/s1. The van der Waals surface area contributed by atoms with Gasteiger partial charge >= 0.3 is 5.97 Å². The minimum absolute atomic E-state index is 0.205. The number of hydrogen-bond donors (Lipinski definition) is 2. The Morgan fingerprint density at radius 1 is 1.29 bits per heavy atom. The van der Waals surface area contributed by atoms with E-state index in [1.165, 1.54) is 9.80 Å². The van der Waals surface area contributed by atoms with Gasteiger partial charge in [-0.25, -0.2) is 9.18 Å². The second kappa shape index (κ2) is 11.6. The van der Waals surface area contributed by atoms with E-state index in [1.54, 1.807) is 6.92 Å². The molecule has 0 fully saturated rings. The van der Waals surface area contributed by atoms with Crippen LogP contribution in [-0.4, -0.2) is 78.3 Å². The number of likely N-dealkylation sites (N-methyl/N-ethyl adjacent to an activating group) is 1. The highest BCUT2D eigenvalue weighted by atomic mass is 19.1. The number of aryl methyl sites for hydroxylation is 1. The van der Waals surface area contributed by atoms with Crippen molar-refractivity contribution >= 4 is 29.4 Å². The molecule has 0 aliphatic carbocycles. The highest BCUT2D eigenvalue weighted by Gasteiger charge is 2.45. The summed E-state index contributed by atoms with van der Waals surface area (Å²) in [6.45, 7) is 4.47. The van der Waals surface area contributed by atoms with Crippen molar-refractivity contribution < 1.29 is 33.4 Å². The van der Waals surface area contributed by atoms with Crippen molar-refractivity contribution in [2.75, 3.05) is 31.3 Å². The Balaban J connectivity index is 1.84. The molecule has 10 heteroatoms. The average Bonchev–Trinajstić information content (AvgIpc) is 3.18. The Hall–Kier alpha value is -3.01. The first-order chi connectivity index (χ1) is 16.7.